The van der Waals surface area contributed by atoms with Crippen LogP contribution in [0.5, 0.6) is 0 Å². The van der Waals surface area contributed by atoms with Crippen LogP contribution in [0, 0.1) is 0 Å². The molecule has 0 bridgehead atoms. The van der Waals surface area contributed by atoms with Gasteiger partial charge in [-0.25, -0.2) is 0 Å². The predicted molar refractivity (Wildman–Crippen MR) is 110 cm³/mol. The second-order valence-corrected chi connectivity index (χ2v) is 6.62. The van der Waals surface area contributed by atoms with Crippen molar-refractivity contribution in [3.63, 3.8) is 0 Å². The number of unbranched alkanes of at least 4 members (excludes halogenated alkanes) is 8. The fourth-order valence-corrected chi connectivity index (χ4v) is 2.57. The van der Waals surface area contributed by atoms with Crippen molar-refractivity contribution in [2.45, 2.75) is 84.0 Å². The Balaban J connectivity index is 0. The van der Waals surface area contributed by atoms with Gasteiger partial charge >= 0.3 is 5.97 Å². The maximum Gasteiger partial charge on any atom is 0.323 e. The van der Waals surface area contributed by atoms with E-state index in [1.807, 2.05) is 0 Å². The van der Waals surface area contributed by atoms with Crippen molar-refractivity contribution in [1.29, 1.82) is 0 Å². The molecule has 152 valence electrons. The van der Waals surface area contributed by atoms with Crippen LogP contribution >= 0.6 is 0 Å². The molecule has 0 unspecified atom stereocenters. The minimum absolute atomic E-state index is 0. The second-order valence-electron chi connectivity index (χ2n) is 6.62. The molecule has 4 N–H and O–H groups in total. The van der Waals surface area contributed by atoms with Gasteiger partial charge in [-0.3, -0.25) is 9.59 Å². The van der Waals surface area contributed by atoms with Crippen LogP contribution < -0.4 is 6.15 Å². The third-order valence-corrected chi connectivity index (χ3v) is 4.14. The summed E-state index contributed by atoms with van der Waals surface area (Å²) >= 11 is 0. The van der Waals surface area contributed by atoms with Gasteiger partial charge in [-0.05, 0) is 38.5 Å². The molecule has 0 aliphatic rings. The lowest BCUT2D eigenvalue weighted by molar-refractivity contribution is -0.143. The summed E-state index contributed by atoms with van der Waals surface area (Å²) < 4.78 is 0. The van der Waals surface area contributed by atoms with Crippen LogP contribution in [0.25, 0.3) is 0 Å². The lowest BCUT2D eigenvalue weighted by Gasteiger charge is -2.14. The SMILES string of the molecule is CCCCC/C=C\C/C=C\CCCCCCCC(=O)N(C)CC(=O)O.N. The van der Waals surface area contributed by atoms with Gasteiger partial charge in [0.15, 0.2) is 0 Å². The fraction of sp³-hybridized carbons (Fsp3) is 0.714. The van der Waals surface area contributed by atoms with Gasteiger partial charge in [0.1, 0.15) is 6.54 Å². The quantitative estimate of drug-likeness (QED) is 0.278. The Morgan fingerprint density at radius 1 is 0.846 bits per heavy atom. The van der Waals surface area contributed by atoms with Crippen LogP contribution in [0.3, 0.4) is 0 Å². The summed E-state index contributed by atoms with van der Waals surface area (Å²) in [5.41, 5.74) is 0. The van der Waals surface area contributed by atoms with Crippen molar-refractivity contribution in [3.05, 3.63) is 24.3 Å². The second kappa shape index (κ2) is 19.7. The van der Waals surface area contributed by atoms with E-state index in [0.717, 1.165) is 32.1 Å². The molecular formula is C21H40N2O3. The van der Waals surface area contributed by atoms with E-state index in [9.17, 15) is 9.59 Å². The maximum atomic E-state index is 11.7. The first-order valence-electron chi connectivity index (χ1n) is 9.83. The Morgan fingerprint density at radius 2 is 1.38 bits per heavy atom. The molecule has 0 aromatic heterocycles. The summed E-state index contributed by atoms with van der Waals surface area (Å²) in [5, 5.41) is 8.63. The number of nitrogens with zero attached hydrogens (tertiary/aromatic N) is 1. The van der Waals surface area contributed by atoms with Crippen LogP contribution in [-0.4, -0.2) is 35.5 Å². The van der Waals surface area contributed by atoms with Crippen molar-refractivity contribution >= 4 is 11.9 Å². The number of carbonyl (C=O) groups is 2. The van der Waals surface area contributed by atoms with Crippen LogP contribution in [0.1, 0.15) is 84.0 Å². The van der Waals surface area contributed by atoms with E-state index in [0.29, 0.717) is 6.42 Å². The summed E-state index contributed by atoms with van der Waals surface area (Å²) in [6, 6.07) is 0. The van der Waals surface area contributed by atoms with Gasteiger partial charge in [0, 0.05) is 13.5 Å². The molecular weight excluding hydrogens is 328 g/mol. The number of rotatable bonds is 16. The highest BCUT2D eigenvalue weighted by Gasteiger charge is 2.10. The van der Waals surface area contributed by atoms with Crippen molar-refractivity contribution in [2.24, 2.45) is 0 Å². The molecule has 1 amide bonds. The van der Waals surface area contributed by atoms with Crippen LogP contribution in [-0.2, 0) is 9.59 Å². The van der Waals surface area contributed by atoms with Gasteiger partial charge in [-0.15, -0.1) is 0 Å². The van der Waals surface area contributed by atoms with Crippen LogP contribution in [0.15, 0.2) is 24.3 Å². The lowest BCUT2D eigenvalue weighted by Crippen LogP contribution is -2.31. The summed E-state index contributed by atoms with van der Waals surface area (Å²) in [5.74, 6) is -1.04. The molecule has 0 saturated heterocycles. The largest absolute Gasteiger partial charge is 0.480 e. The molecule has 0 aliphatic heterocycles. The van der Waals surface area contributed by atoms with Gasteiger partial charge in [0.05, 0.1) is 0 Å². The van der Waals surface area contributed by atoms with E-state index >= 15 is 0 Å². The highest BCUT2D eigenvalue weighted by atomic mass is 16.4. The van der Waals surface area contributed by atoms with Crippen molar-refractivity contribution in [1.82, 2.24) is 11.1 Å². The van der Waals surface area contributed by atoms with Gasteiger partial charge in [-0.1, -0.05) is 63.3 Å². The third kappa shape index (κ3) is 18.7. The number of carbonyl (C=O) groups excluding carboxylic acids is 1. The number of carboxylic acids is 1. The number of hydrogen-bond acceptors (Lipinski definition) is 3. The molecule has 5 nitrogen and oxygen atoms in total. The van der Waals surface area contributed by atoms with Crippen molar-refractivity contribution < 1.29 is 14.7 Å². The summed E-state index contributed by atoms with van der Waals surface area (Å²) in [6.45, 7) is 2.02. The van der Waals surface area contributed by atoms with E-state index in [4.69, 9.17) is 5.11 Å². The number of aliphatic carboxylic acids is 1. The molecule has 0 atom stereocenters. The Morgan fingerprint density at radius 3 is 1.96 bits per heavy atom. The van der Waals surface area contributed by atoms with Crippen LogP contribution in [0.2, 0.25) is 0 Å². The minimum atomic E-state index is -0.962. The zero-order chi connectivity index (χ0) is 18.8. The Kier molecular flexibility index (Phi) is 20.2. The fourth-order valence-electron chi connectivity index (χ4n) is 2.57. The van der Waals surface area contributed by atoms with E-state index in [1.165, 1.54) is 43.4 Å². The minimum Gasteiger partial charge on any atom is -0.480 e. The highest BCUT2D eigenvalue weighted by molar-refractivity contribution is 5.80. The Hall–Kier alpha value is -1.62. The topological polar surface area (TPSA) is 92.6 Å². The van der Waals surface area contributed by atoms with E-state index in [1.54, 1.807) is 7.05 Å². The van der Waals surface area contributed by atoms with Crippen LogP contribution in [0.4, 0.5) is 0 Å². The van der Waals surface area contributed by atoms with Gasteiger partial charge in [-0.2, -0.15) is 0 Å². The lowest BCUT2D eigenvalue weighted by atomic mass is 10.1. The summed E-state index contributed by atoms with van der Waals surface area (Å²) in [4.78, 5) is 23.5. The molecule has 0 spiro atoms. The first-order chi connectivity index (χ1) is 12.1. The molecule has 0 saturated carbocycles. The van der Waals surface area contributed by atoms with E-state index < -0.39 is 5.97 Å². The number of carboxylic acid groups (broad SMARTS) is 1. The molecule has 26 heavy (non-hydrogen) atoms. The van der Waals surface area contributed by atoms with Gasteiger partial charge < -0.3 is 16.2 Å². The van der Waals surface area contributed by atoms with Gasteiger partial charge in [0.25, 0.3) is 0 Å². The predicted octanol–water partition coefficient (Wildman–Crippen LogP) is 5.50. The molecule has 0 heterocycles. The average molecular weight is 369 g/mol. The average Bonchev–Trinajstić information content (AvgIpc) is 2.57. The first kappa shape index (κ1) is 26.6. The number of hydrogen-bond donors (Lipinski definition) is 2. The number of amides is 1. The molecule has 5 heteroatoms. The van der Waals surface area contributed by atoms with Crippen molar-refractivity contribution in [2.75, 3.05) is 13.6 Å². The smallest absolute Gasteiger partial charge is 0.323 e. The molecule has 0 rings (SSSR count). The van der Waals surface area contributed by atoms with Gasteiger partial charge in [0.2, 0.25) is 5.91 Å². The van der Waals surface area contributed by atoms with E-state index in [-0.39, 0.29) is 18.6 Å². The number of allylic oxidation sites excluding steroid dienone is 4. The monoisotopic (exact) mass is 368 g/mol. The molecule has 0 aromatic carbocycles. The summed E-state index contributed by atoms with van der Waals surface area (Å²) in [7, 11) is 1.54. The molecule has 0 fully saturated rings. The zero-order valence-corrected chi connectivity index (χ0v) is 16.9. The Bertz CT molecular complexity index is 406. The normalized spacial score (nSPS) is 11.0. The standard InChI is InChI=1S/C21H37NO3.H3N/c1-3-4-5-6-7-8-9-10-11-12-13-14-15-16-17-18-20(23)22(2)19-21(24)25;/h7-8,10-11H,3-6,9,12-19H2,1-2H3,(H,24,25);1H3/b8-7-,11-10-;. The molecule has 0 radical (unpaired) electrons. The van der Waals surface area contributed by atoms with Crippen molar-refractivity contribution in [3.8, 4) is 0 Å². The highest BCUT2D eigenvalue weighted by Crippen LogP contribution is 2.09. The third-order valence-electron chi connectivity index (χ3n) is 4.14. The summed E-state index contributed by atoms with van der Waals surface area (Å²) in [6.07, 6.45) is 22.2. The molecule has 0 aliphatic carbocycles. The van der Waals surface area contributed by atoms with E-state index in [2.05, 4.69) is 31.2 Å². The maximum absolute atomic E-state index is 11.7. The number of likely N-dealkylation sites (N-methyl/N-ethyl adjacent to an activating group) is 1. The first-order valence-corrected chi connectivity index (χ1v) is 9.83. The Labute approximate surface area is 160 Å². The zero-order valence-electron chi connectivity index (χ0n) is 16.9. The molecule has 0 aromatic rings.